The van der Waals surface area contributed by atoms with Crippen LogP contribution in [0.4, 0.5) is 4.39 Å². The summed E-state index contributed by atoms with van der Waals surface area (Å²) in [4.78, 5) is 5.83. The largest absolute Gasteiger partial charge is 0.301 e. The van der Waals surface area contributed by atoms with E-state index in [1.807, 2.05) is 19.0 Å². The van der Waals surface area contributed by atoms with Gasteiger partial charge >= 0.3 is 0 Å². The minimum Gasteiger partial charge on any atom is -0.301 e. The molecule has 0 aliphatic heterocycles. The molecule has 23 heavy (non-hydrogen) atoms. The predicted octanol–water partition coefficient (Wildman–Crippen LogP) is 2.56. The molecule has 1 atom stereocenters. The number of nitrogens with zero attached hydrogens (tertiary/aromatic N) is 2. The van der Waals surface area contributed by atoms with Crippen molar-refractivity contribution in [1.29, 1.82) is 0 Å². The number of aromatic nitrogens is 1. The quantitative estimate of drug-likeness (QED) is 0.755. The van der Waals surface area contributed by atoms with Gasteiger partial charge in [-0.15, -0.1) is 0 Å². The summed E-state index contributed by atoms with van der Waals surface area (Å²) in [6.07, 6.45) is 1.28. The molecule has 1 N–H and O–H groups in total. The van der Waals surface area contributed by atoms with Crippen molar-refractivity contribution in [3.05, 3.63) is 58.6 Å². The SMILES string of the molecule is CN(C)[C@H](CNS(=O)(=O)c1ccc(Br)nc1)c1cccc(F)c1. The first kappa shape index (κ1) is 18.0. The van der Waals surface area contributed by atoms with E-state index in [0.717, 1.165) is 0 Å². The summed E-state index contributed by atoms with van der Waals surface area (Å²) in [6, 6.07) is 8.87. The maximum Gasteiger partial charge on any atom is 0.242 e. The van der Waals surface area contributed by atoms with Crippen LogP contribution in [0.15, 0.2) is 52.1 Å². The predicted molar refractivity (Wildman–Crippen MR) is 90.0 cm³/mol. The Hall–Kier alpha value is -1.35. The molecular weight excluding hydrogens is 385 g/mol. The molecule has 1 aromatic carbocycles. The molecule has 0 fully saturated rings. The Labute approximate surface area is 143 Å². The monoisotopic (exact) mass is 401 g/mol. The van der Waals surface area contributed by atoms with E-state index in [0.29, 0.717) is 10.2 Å². The van der Waals surface area contributed by atoms with Gasteiger partial charge in [0.1, 0.15) is 15.3 Å². The maximum atomic E-state index is 13.4. The van der Waals surface area contributed by atoms with Crippen LogP contribution in [0, 0.1) is 5.82 Å². The van der Waals surface area contributed by atoms with Gasteiger partial charge in [-0.1, -0.05) is 12.1 Å². The fourth-order valence-electron chi connectivity index (χ4n) is 2.11. The van der Waals surface area contributed by atoms with Gasteiger partial charge in [-0.25, -0.2) is 22.5 Å². The molecule has 8 heteroatoms. The van der Waals surface area contributed by atoms with Gasteiger partial charge in [0, 0.05) is 18.8 Å². The van der Waals surface area contributed by atoms with E-state index in [4.69, 9.17) is 0 Å². The van der Waals surface area contributed by atoms with Crippen LogP contribution in [-0.4, -0.2) is 38.9 Å². The first-order valence-electron chi connectivity index (χ1n) is 6.83. The van der Waals surface area contributed by atoms with Gasteiger partial charge < -0.3 is 4.90 Å². The average molecular weight is 402 g/mol. The van der Waals surface area contributed by atoms with Crippen LogP contribution in [0.5, 0.6) is 0 Å². The van der Waals surface area contributed by atoms with Crippen LogP contribution >= 0.6 is 15.9 Å². The zero-order valence-corrected chi connectivity index (χ0v) is 15.1. The Bertz CT molecular complexity index is 767. The van der Waals surface area contributed by atoms with E-state index in [1.54, 1.807) is 18.2 Å². The fraction of sp³-hybridized carbons (Fsp3) is 0.267. The number of hydrogen-bond donors (Lipinski definition) is 1. The van der Waals surface area contributed by atoms with E-state index < -0.39 is 10.0 Å². The third kappa shape index (κ3) is 4.81. The van der Waals surface area contributed by atoms with Gasteiger partial charge in [-0.05, 0) is 59.9 Å². The van der Waals surface area contributed by atoms with Crippen LogP contribution in [0.2, 0.25) is 0 Å². The van der Waals surface area contributed by atoms with Gasteiger partial charge in [0.05, 0.1) is 0 Å². The third-order valence-electron chi connectivity index (χ3n) is 3.33. The summed E-state index contributed by atoms with van der Waals surface area (Å²) in [6.45, 7) is 0.120. The van der Waals surface area contributed by atoms with E-state index in [2.05, 4.69) is 25.6 Å². The molecule has 124 valence electrons. The van der Waals surface area contributed by atoms with Crippen molar-refractivity contribution in [2.45, 2.75) is 10.9 Å². The number of nitrogens with one attached hydrogen (secondary N) is 1. The lowest BCUT2D eigenvalue weighted by molar-refractivity contribution is 0.299. The van der Waals surface area contributed by atoms with E-state index in [1.165, 1.54) is 24.4 Å². The molecule has 0 amide bonds. The van der Waals surface area contributed by atoms with Crippen molar-refractivity contribution in [3.63, 3.8) is 0 Å². The second-order valence-electron chi connectivity index (χ2n) is 5.20. The van der Waals surface area contributed by atoms with Crippen molar-refractivity contribution < 1.29 is 12.8 Å². The third-order valence-corrected chi connectivity index (χ3v) is 5.21. The van der Waals surface area contributed by atoms with E-state index in [-0.39, 0.29) is 23.3 Å². The summed E-state index contributed by atoms with van der Waals surface area (Å²) < 4.78 is 41.1. The molecule has 0 saturated heterocycles. The minimum absolute atomic E-state index is 0.0810. The molecule has 0 bridgehead atoms. The Morgan fingerprint density at radius 1 is 1.30 bits per heavy atom. The van der Waals surface area contributed by atoms with Crippen molar-refractivity contribution in [2.24, 2.45) is 0 Å². The molecule has 0 unspecified atom stereocenters. The Balaban J connectivity index is 2.17. The number of likely N-dealkylation sites (N-methyl/N-ethyl adjacent to an activating group) is 1. The highest BCUT2D eigenvalue weighted by Crippen LogP contribution is 2.19. The Morgan fingerprint density at radius 3 is 2.61 bits per heavy atom. The number of pyridine rings is 1. The highest BCUT2D eigenvalue weighted by molar-refractivity contribution is 9.10. The van der Waals surface area contributed by atoms with Crippen LogP contribution in [0.25, 0.3) is 0 Å². The van der Waals surface area contributed by atoms with E-state index >= 15 is 0 Å². The highest BCUT2D eigenvalue weighted by atomic mass is 79.9. The van der Waals surface area contributed by atoms with E-state index in [9.17, 15) is 12.8 Å². The fourth-order valence-corrected chi connectivity index (χ4v) is 3.32. The first-order chi connectivity index (χ1) is 10.8. The van der Waals surface area contributed by atoms with Gasteiger partial charge in [-0.3, -0.25) is 0 Å². The van der Waals surface area contributed by atoms with Crippen molar-refractivity contribution in [2.75, 3.05) is 20.6 Å². The second-order valence-corrected chi connectivity index (χ2v) is 7.78. The molecule has 2 aromatic rings. The maximum absolute atomic E-state index is 13.4. The molecule has 0 spiro atoms. The number of sulfonamides is 1. The molecule has 5 nitrogen and oxygen atoms in total. The lowest BCUT2D eigenvalue weighted by Gasteiger charge is -2.25. The standard InChI is InChI=1S/C15H17BrFN3O2S/c1-20(2)14(11-4-3-5-12(17)8-11)10-19-23(21,22)13-6-7-15(16)18-9-13/h3-9,14,19H,10H2,1-2H3/t14-/m1/s1. The first-order valence-corrected chi connectivity index (χ1v) is 9.10. The smallest absolute Gasteiger partial charge is 0.242 e. The van der Waals surface area contributed by atoms with Crippen LogP contribution in [0.1, 0.15) is 11.6 Å². The zero-order chi connectivity index (χ0) is 17.0. The van der Waals surface area contributed by atoms with Crippen LogP contribution in [0.3, 0.4) is 0 Å². The second kappa shape index (κ2) is 7.48. The summed E-state index contributed by atoms with van der Waals surface area (Å²) in [5, 5.41) is 0. The van der Waals surface area contributed by atoms with Crippen molar-refractivity contribution in [3.8, 4) is 0 Å². The molecule has 0 aliphatic rings. The zero-order valence-electron chi connectivity index (χ0n) is 12.7. The minimum atomic E-state index is -3.68. The van der Waals surface area contributed by atoms with Gasteiger partial charge in [0.25, 0.3) is 0 Å². The number of rotatable bonds is 6. The number of halogens is 2. The number of benzene rings is 1. The summed E-state index contributed by atoms with van der Waals surface area (Å²) in [5.74, 6) is -0.352. The van der Waals surface area contributed by atoms with Crippen LogP contribution < -0.4 is 4.72 Å². The molecule has 0 aliphatic carbocycles. The summed E-state index contributed by atoms with van der Waals surface area (Å²) in [7, 11) is -0.0564. The molecule has 1 heterocycles. The summed E-state index contributed by atoms with van der Waals surface area (Å²) in [5.41, 5.74) is 0.701. The lowest BCUT2D eigenvalue weighted by Crippen LogP contribution is -2.34. The topological polar surface area (TPSA) is 62.3 Å². The average Bonchev–Trinajstić information content (AvgIpc) is 2.47. The van der Waals surface area contributed by atoms with Crippen LogP contribution in [-0.2, 0) is 10.0 Å². The molecule has 0 radical (unpaired) electrons. The normalized spacial score (nSPS) is 13.3. The molecule has 2 rings (SSSR count). The van der Waals surface area contributed by atoms with Gasteiger partial charge in [0.2, 0.25) is 10.0 Å². The summed E-state index contributed by atoms with van der Waals surface area (Å²) >= 11 is 3.16. The lowest BCUT2D eigenvalue weighted by atomic mass is 10.1. The Kier molecular flexibility index (Phi) is 5.85. The van der Waals surface area contributed by atoms with Crippen molar-refractivity contribution >= 4 is 26.0 Å². The van der Waals surface area contributed by atoms with Gasteiger partial charge in [-0.2, -0.15) is 0 Å². The van der Waals surface area contributed by atoms with Crippen molar-refractivity contribution in [1.82, 2.24) is 14.6 Å². The Morgan fingerprint density at radius 2 is 2.04 bits per heavy atom. The number of hydrogen-bond acceptors (Lipinski definition) is 4. The van der Waals surface area contributed by atoms with Gasteiger partial charge in [0.15, 0.2) is 0 Å². The highest BCUT2D eigenvalue weighted by Gasteiger charge is 2.20. The molecule has 0 saturated carbocycles. The molecular formula is C15H17BrFN3O2S. The molecule has 1 aromatic heterocycles.